The molecule has 0 saturated heterocycles. The molecule has 0 spiro atoms. The lowest BCUT2D eigenvalue weighted by Crippen LogP contribution is -2.31. The predicted octanol–water partition coefficient (Wildman–Crippen LogP) is 4.42. The van der Waals surface area contributed by atoms with Gasteiger partial charge in [0.2, 0.25) is 0 Å². The Morgan fingerprint density at radius 3 is 2.75 bits per heavy atom. The highest BCUT2D eigenvalue weighted by molar-refractivity contribution is 7.99. The first-order valence-electron chi connectivity index (χ1n) is 9.33. The van der Waals surface area contributed by atoms with Crippen LogP contribution in [0.3, 0.4) is 0 Å². The summed E-state index contributed by atoms with van der Waals surface area (Å²) in [7, 11) is 0. The Kier molecular flexibility index (Phi) is 6.30. The number of aromatic nitrogens is 2. The Balaban J connectivity index is 2.17. The maximum atomic E-state index is 13.0. The zero-order valence-electron chi connectivity index (χ0n) is 16.7. The number of fused-ring (bicyclic) bond motifs is 1. The van der Waals surface area contributed by atoms with E-state index < -0.39 is 11.9 Å². The molecule has 8 heteroatoms. The van der Waals surface area contributed by atoms with Crippen molar-refractivity contribution in [1.29, 1.82) is 0 Å². The number of aromatic amines is 1. The topological polar surface area (TPSA) is 84.1 Å². The van der Waals surface area contributed by atoms with Crippen LogP contribution >= 0.6 is 23.1 Å². The minimum absolute atomic E-state index is 0.226. The van der Waals surface area contributed by atoms with Gasteiger partial charge < -0.3 is 15.0 Å². The molecule has 2 aromatic heterocycles. The number of allylic oxidation sites excluding steroid dienone is 1. The molecule has 3 heterocycles. The zero-order valence-corrected chi connectivity index (χ0v) is 18.3. The molecule has 150 valence electrons. The second-order valence-electron chi connectivity index (χ2n) is 7.00. The van der Waals surface area contributed by atoms with Gasteiger partial charge in [0, 0.05) is 16.3 Å². The molecule has 0 amide bonds. The molecule has 2 aromatic rings. The van der Waals surface area contributed by atoms with E-state index in [2.05, 4.69) is 22.2 Å². The molecule has 0 unspecified atom stereocenters. The van der Waals surface area contributed by atoms with E-state index in [1.165, 1.54) is 23.1 Å². The Morgan fingerprint density at radius 1 is 1.39 bits per heavy atom. The van der Waals surface area contributed by atoms with E-state index in [4.69, 9.17) is 4.74 Å². The number of ether oxygens (including phenoxy) is 1. The summed E-state index contributed by atoms with van der Waals surface area (Å²) in [5.74, 6) is 0.477. The van der Waals surface area contributed by atoms with Gasteiger partial charge in [-0.15, -0.1) is 11.3 Å². The van der Waals surface area contributed by atoms with E-state index in [-0.39, 0.29) is 11.7 Å². The van der Waals surface area contributed by atoms with Crippen molar-refractivity contribution in [3.8, 4) is 0 Å². The molecule has 0 aromatic carbocycles. The lowest BCUT2D eigenvalue weighted by atomic mass is 9.85. The fraction of sp³-hybridized carbons (Fsp3) is 0.450. The lowest BCUT2D eigenvalue weighted by Gasteiger charge is -2.29. The minimum atomic E-state index is -0.496. The van der Waals surface area contributed by atoms with Crippen LogP contribution in [0.1, 0.15) is 56.0 Å². The van der Waals surface area contributed by atoms with Crippen molar-refractivity contribution in [3.05, 3.63) is 49.1 Å². The highest BCUT2D eigenvalue weighted by Crippen LogP contribution is 2.43. The number of carbonyl (C=O) groups excluding carboxylic acids is 1. The zero-order chi connectivity index (χ0) is 20.4. The van der Waals surface area contributed by atoms with Crippen molar-refractivity contribution in [3.63, 3.8) is 0 Å². The van der Waals surface area contributed by atoms with Gasteiger partial charge in [0.05, 0.1) is 23.2 Å². The van der Waals surface area contributed by atoms with E-state index in [0.29, 0.717) is 27.8 Å². The van der Waals surface area contributed by atoms with E-state index in [9.17, 15) is 9.59 Å². The standard InChI is InChI=1S/C20H25N3O3S2/c1-6-8-28-20-22-17-15(18(24)23-20)14(16-11(4)7-9-27-16)13(12(5)21-17)19(25)26-10(2)3/h7,9-10,14H,6,8H2,1-5H3,(H2,21,22,23,24)/t14-/m0/s1. The molecule has 3 rings (SSSR count). The number of nitrogens with one attached hydrogen (secondary N) is 2. The number of hydrogen-bond donors (Lipinski definition) is 2. The van der Waals surface area contributed by atoms with Crippen LogP contribution in [0.15, 0.2) is 32.7 Å². The molecule has 0 aliphatic carbocycles. The van der Waals surface area contributed by atoms with E-state index in [0.717, 1.165) is 22.6 Å². The summed E-state index contributed by atoms with van der Waals surface area (Å²) in [5, 5.41) is 5.73. The van der Waals surface area contributed by atoms with E-state index in [1.807, 2.05) is 39.1 Å². The number of nitrogens with zero attached hydrogens (tertiary/aromatic N) is 1. The second kappa shape index (κ2) is 8.53. The van der Waals surface area contributed by atoms with Crippen molar-refractivity contribution in [2.45, 2.75) is 58.2 Å². The van der Waals surface area contributed by atoms with Gasteiger partial charge in [-0.05, 0) is 51.1 Å². The van der Waals surface area contributed by atoms with Gasteiger partial charge in [0.25, 0.3) is 5.56 Å². The van der Waals surface area contributed by atoms with Gasteiger partial charge >= 0.3 is 5.97 Å². The average Bonchev–Trinajstić information content (AvgIpc) is 3.03. The lowest BCUT2D eigenvalue weighted by molar-refractivity contribution is -0.142. The van der Waals surface area contributed by atoms with Crippen LogP contribution in [0.5, 0.6) is 0 Å². The smallest absolute Gasteiger partial charge is 0.337 e. The van der Waals surface area contributed by atoms with E-state index in [1.54, 1.807) is 0 Å². The van der Waals surface area contributed by atoms with Crippen LogP contribution in [-0.2, 0) is 9.53 Å². The average molecular weight is 420 g/mol. The largest absolute Gasteiger partial charge is 0.460 e. The van der Waals surface area contributed by atoms with Gasteiger partial charge in [-0.25, -0.2) is 9.78 Å². The number of esters is 1. The number of rotatable bonds is 6. The molecule has 1 atom stereocenters. The summed E-state index contributed by atoms with van der Waals surface area (Å²) < 4.78 is 5.49. The summed E-state index contributed by atoms with van der Waals surface area (Å²) in [6, 6.07) is 2.00. The predicted molar refractivity (Wildman–Crippen MR) is 114 cm³/mol. The molecule has 1 aliphatic heterocycles. The van der Waals surface area contributed by atoms with Crippen molar-refractivity contribution in [2.75, 3.05) is 11.1 Å². The van der Waals surface area contributed by atoms with Gasteiger partial charge in [0.15, 0.2) is 5.16 Å². The van der Waals surface area contributed by atoms with Crippen molar-refractivity contribution < 1.29 is 9.53 Å². The maximum absolute atomic E-state index is 13.0. The van der Waals surface area contributed by atoms with Crippen molar-refractivity contribution >= 4 is 34.9 Å². The molecule has 0 bridgehead atoms. The molecule has 0 radical (unpaired) electrons. The Morgan fingerprint density at radius 2 is 2.14 bits per heavy atom. The van der Waals surface area contributed by atoms with Crippen LogP contribution in [0.25, 0.3) is 0 Å². The highest BCUT2D eigenvalue weighted by atomic mass is 32.2. The number of carbonyl (C=O) groups is 1. The SMILES string of the molecule is CCCSc1nc2c(c(=O)[nH]1)[C@@H](c1sccc1C)C(C(=O)OC(C)C)=C(C)N2. The van der Waals surface area contributed by atoms with Crippen LogP contribution in [-0.4, -0.2) is 27.8 Å². The number of thiophene rings is 1. The fourth-order valence-electron chi connectivity index (χ4n) is 3.19. The van der Waals surface area contributed by atoms with Gasteiger partial charge in [-0.1, -0.05) is 18.7 Å². The minimum Gasteiger partial charge on any atom is -0.460 e. The molecular formula is C20H25N3O3S2. The number of anilines is 1. The Labute approximate surface area is 172 Å². The van der Waals surface area contributed by atoms with Crippen LogP contribution in [0.2, 0.25) is 0 Å². The number of aryl methyl sites for hydroxylation is 1. The third-order valence-corrected chi connectivity index (χ3v) is 6.55. The summed E-state index contributed by atoms with van der Waals surface area (Å²) in [5.41, 5.74) is 2.41. The molecule has 28 heavy (non-hydrogen) atoms. The monoisotopic (exact) mass is 419 g/mol. The third-order valence-electron chi connectivity index (χ3n) is 4.39. The first kappa shape index (κ1) is 20.7. The van der Waals surface area contributed by atoms with Gasteiger partial charge in [-0.3, -0.25) is 4.79 Å². The first-order valence-corrected chi connectivity index (χ1v) is 11.2. The summed E-state index contributed by atoms with van der Waals surface area (Å²) in [4.78, 5) is 34.4. The van der Waals surface area contributed by atoms with Crippen LogP contribution in [0.4, 0.5) is 5.82 Å². The fourth-order valence-corrected chi connectivity index (χ4v) is 4.95. The van der Waals surface area contributed by atoms with Crippen molar-refractivity contribution in [1.82, 2.24) is 9.97 Å². The number of thioether (sulfide) groups is 1. The Hall–Kier alpha value is -2.06. The van der Waals surface area contributed by atoms with Crippen LogP contribution < -0.4 is 10.9 Å². The molecule has 0 saturated carbocycles. The van der Waals surface area contributed by atoms with Gasteiger partial charge in [-0.2, -0.15) is 0 Å². The Bertz CT molecular complexity index is 975. The molecule has 6 nitrogen and oxygen atoms in total. The molecule has 0 fully saturated rings. The number of hydrogen-bond acceptors (Lipinski definition) is 7. The molecule has 2 N–H and O–H groups in total. The van der Waals surface area contributed by atoms with Crippen LogP contribution in [0, 0.1) is 6.92 Å². The molecule has 1 aliphatic rings. The third kappa shape index (κ3) is 4.03. The van der Waals surface area contributed by atoms with E-state index >= 15 is 0 Å². The quantitative estimate of drug-likeness (QED) is 0.409. The summed E-state index contributed by atoms with van der Waals surface area (Å²) >= 11 is 3.05. The summed E-state index contributed by atoms with van der Waals surface area (Å²) in [6.45, 7) is 9.53. The maximum Gasteiger partial charge on any atom is 0.337 e. The number of H-pyrrole nitrogens is 1. The highest BCUT2D eigenvalue weighted by Gasteiger charge is 2.38. The van der Waals surface area contributed by atoms with Gasteiger partial charge in [0.1, 0.15) is 5.82 Å². The first-order chi connectivity index (χ1) is 13.3. The normalized spacial score (nSPS) is 16.1. The summed E-state index contributed by atoms with van der Waals surface area (Å²) in [6.07, 6.45) is 0.739. The van der Waals surface area contributed by atoms with Crippen molar-refractivity contribution in [2.24, 2.45) is 0 Å². The molecular weight excluding hydrogens is 394 g/mol. The second-order valence-corrected chi connectivity index (χ2v) is 9.03.